The van der Waals surface area contributed by atoms with E-state index in [-0.39, 0.29) is 23.9 Å². The molecule has 7 nitrogen and oxygen atoms in total. The highest BCUT2D eigenvalue weighted by molar-refractivity contribution is 5.84. The standard InChI is InChI=1S/C35H50F3N5O2/c1-23(30(17-39)20-41-24(2)40-19-27-6-4-5-7-31(27)45-22-35(36,37)38)43-21-34-14-26-12-28(15-34)32(29(13-26)16-34)42-18-25-8-10-33(3,44)11-9-25/h4-7,20,24-26,28-29,32,40,42-44H,8-16,18-19,21-22H2,1-3H3/b30-23+,41-20-. The molecule has 248 valence electrons. The zero-order chi connectivity index (χ0) is 32.2. The van der Waals surface area contributed by atoms with Crippen LogP contribution in [0.5, 0.6) is 5.75 Å². The lowest BCUT2D eigenvalue weighted by molar-refractivity contribution is -0.153. The van der Waals surface area contributed by atoms with Crippen LogP contribution in [0.25, 0.3) is 0 Å². The Morgan fingerprint density at radius 3 is 2.53 bits per heavy atom. The fourth-order valence-corrected chi connectivity index (χ4v) is 8.62. The zero-order valence-corrected chi connectivity index (χ0v) is 26.9. The largest absolute Gasteiger partial charge is 0.484 e. The molecule has 3 atom stereocenters. The van der Waals surface area contributed by atoms with Gasteiger partial charge in [-0.05, 0) is 120 Å². The van der Waals surface area contributed by atoms with Gasteiger partial charge < -0.3 is 20.5 Å². The second kappa shape index (κ2) is 14.0. The summed E-state index contributed by atoms with van der Waals surface area (Å²) in [5.74, 6) is 3.07. The smallest absolute Gasteiger partial charge is 0.422 e. The van der Waals surface area contributed by atoms with E-state index < -0.39 is 18.4 Å². The van der Waals surface area contributed by atoms with Crippen molar-refractivity contribution in [2.24, 2.45) is 34.1 Å². The van der Waals surface area contributed by atoms with Crippen molar-refractivity contribution in [3.8, 4) is 11.8 Å². The van der Waals surface area contributed by atoms with Crippen molar-refractivity contribution in [3.05, 3.63) is 41.1 Å². The number of hydrogen-bond acceptors (Lipinski definition) is 7. The summed E-state index contributed by atoms with van der Waals surface area (Å²) in [6.07, 6.45) is 7.21. The molecule has 1 aromatic rings. The van der Waals surface area contributed by atoms with Gasteiger partial charge in [-0.25, -0.2) is 0 Å². The van der Waals surface area contributed by atoms with Crippen LogP contribution >= 0.6 is 0 Å². The van der Waals surface area contributed by atoms with Gasteiger partial charge in [0.05, 0.1) is 17.3 Å². The summed E-state index contributed by atoms with van der Waals surface area (Å²) in [4.78, 5) is 4.50. The third-order valence-electron chi connectivity index (χ3n) is 10.9. The highest BCUT2D eigenvalue weighted by Gasteiger charge is 2.55. The summed E-state index contributed by atoms with van der Waals surface area (Å²) in [6, 6.07) is 9.51. The topological polar surface area (TPSA) is 102 Å². The van der Waals surface area contributed by atoms with Crippen molar-refractivity contribution < 1.29 is 23.0 Å². The van der Waals surface area contributed by atoms with E-state index in [1.165, 1.54) is 38.2 Å². The van der Waals surface area contributed by atoms with Crippen LogP contribution in [0.2, 0.25) is 0 Å². The summed E-state index contributed by atoms with van der Waals surface area (Å²) >= 11 is 0. The molecule has 45 heavy (non-hydrogen) atoms. The van der Waals surface area contributed by atoms with E-state index in [4.69, 9.17) is 4.74 Å². The molecule has 0 radical (unpaired) electrons. The number of halogens is 3. The number of hydrogen-bond donors (Lipinski definition) is 4. The molecule has 4 bridgehead atoms. The molecule has 6 rings (SSSR count). The van der Waals surface area contributed by atoms with Crippen LogP contribution < -0.4 is 20.7 Å². The van der Waals surface area contributed by atoms with Crippen LogP contribution in [0, 0.1) is 40.4 Å². The number of para-hydroxylation sites is 1. The SMILES string of the molecule is C/C(NCC12CC3CC(C1)C(NCC1CCC(C)(O)CC1)C(C3)C2)=C(C#N)\C=N/C(C)NCc1ccccc1OCC(F)(F)F. The van der Waals surface area contributed by atoms with Gasteiger partial charge >= 0.3 is 6.18 Å². The van der Waals surface area contributed by atoms with Crippen LogP contribution in [0.1, 0.15) is 84.1 Å². The highest BCUT2D eigenvalue weighted by Crippen LogP contribution is 2.60. The van der Waals surface area contributed by atoms with Crippen molar-refractivity contribution >= 4 is 6.21 Å². The van der Waals surface area contributed by atoms with Gasteiger partial charge in [-0.3, -0.25) is 10.3 Å². The predicted molar refractivity (Wildman–Crippen MR) is 169 cm³/mol. The van der Waals surface area contributed by atoms with Crippen molar-refractivity contribution in [1.29, 1.82) is 5.26 Å². The fourth-order valence-electron chi connectivity index (χ4n) is 8.62. The summed E-state index contributed by atoms with van der Waals surface area (Å²) < 4.78 is 42.8. The number of nitrogens with zero attached hydrogens (tertiary/aromatic N) is 2. The van der Waals surface area contributed by atoms with Crippen molar-refractivity contribution in [3.63, 3.8) is 0 Å². The molecule has 5 aliphatic carbocycles. The second-order valence-corrected chi connectivity index (χ2v) is 14.7. The first-order valence-electron chi connectivity index (χ1n) is 16.7. The van der Waals surface area contributed by atoms with Crippen LogP contribution in [-0.2, 0) is 6.54 Å². The Morgan fingerprint density at radius 1 is 1.18 bits per heavy atom. The number of allylic oxidation sites excluding steroid dienone is 2. The molecular formula is C35H50F3N5O2. The number of rotatable bonds is 13. The molecule has 0 spiro atoms. The van der Waals surface area contributed by atoms with Gasteiger partial charge in [0.15, 0.2) is 6.61 Å². The molecule has 4 N–H and O–H groups in total. The van der Waals surface area contributed by atoms with E-state index in [9.17, 15) is 23.5 Å². The number of ether oxygens (including phenoxy) is 1. The number of benzene rings is 1. The van der Waals surface area contributed by atoms with Crippen molar-refractivity contribution in [2.75, 3.05) is 19.7 Å². The minimum absolute atomic E-state index is 0.183. The van der Waals surface area contributed by atoms with E-state index in [1.807, 2.05) is 20.8 Å². The molecule has 1 aromatic carbocycles. The molecule has 5 fully saturated rings. The lowest BCUT2D eigenvalue weighted by Crippen LogP contribution is -2.60. The average molecular weight is 630 g/mol. The summed E-state index contributed by atoms with van der Waals surface area (Å²) in [6.45, 7) is 6.62. The first kappa shape index (κ1) is 33.7. The third kappa shape index (κ3) is 9.02. The summed E-state index contributed by atoms with van der Waals surface area (Å²) in [7, 11) is 0. The maximum atomic E-state index is 12.6. The van der Waals surface area contributed by atoms with Gasteiger partial charge in [0.2, 0.25) is 0 Å². The van der Waals surface area contributed by atoms with Gasteiger partial charge in [-0.15, -0.1) is 0 Å². The molecule has 3 unspecified atom stereocenters. The lowest BCUT2D eigenvalue weighted by atomic mass is 9.48. The maximum absolute atomic E-state index is 12.6. The monoisotopic (exact) mass is 629 g/mol. The Kier molecular flexibility index (Phi) is 10.5. The molecular weight excluding hydrogens is 579 g/mol. The first-order valence-corrected chi connectivity index (χ1v) is 16.7. The number of aliphatic imine (C=N–C) groups is 1. The minimum atomic E-state index is -4.40. The van der Waals surface area contributed by atoms with Gasteiger partial charge in [-0.2, -0.15) is 18.4 Å². The Bertz CT molecular complexity index is 1250. The zero-order valence-electron chi connectivity index (χ0n) is 26.9. The van der Waals surface area contributed by atoms with E-state index in [0.29, 0.717) is 34.9 Å². The normalized spacial score (nSPS) is 34.0. The average Bonchev–Trinajstić information content (AvgIpc) is 2.98. The Morgan fingerprint density at radius 2 is 1.87 bits per heavy atom. The van der Waals surface area contributed by atoms with E-state index in [2.05, 4.69) is 27.0 Å². The van der Waals surface area contributed by atoms with E-state index in [1.54, 1.807) is 24.4 Å². The molecule has 5 aliphatic rings. The molecule has 5 saturated carbocycles. The van der Waals surface area contributed by atoms with Gasteiger partial charge in [-0.1, -0.05) is 18.2 Å². The summed E-state index contributed by atoms with van der Waals surface area (Å²) in [5, 5.41) is 31.0. The molecule has 0 heterocycles. The molecule has 10 heteroatoms. The molecule has 0 aliphatic heterocycles. The Labute approximate surface area is 266 Å². The first-order chi connectivity index (χ1) is 21.3. The van der Waals surface area contributed by atoms with Gasteiger partial charge in [0.1, 0.15) is 11.8 Å². The fraction of sp³-hybridized carbons (Fsp3) is 0.714. The second-order valence-electron chi connectivity index (χ2n) is 14.7. The van der Waals surface area contributed by atoms with Crippen LogP contribution in [0.4, 0.5) is 13.2 Å². The number of nitriles is 1. The van der Waals surface area contributed by atoms with Crippen LogP contribution in [-0.4, -0.2) is 55.0 Å². The number of aliphatic hydroxyl groups is 1. The van der Waals surface area contributed by atoms with Gasteiger partial charge in [0, 0.05) is 36.6 Å². The van der Waals surface area contributed by atoms with Crippen molar-refractivity contribution in [1.82, 2.24) is 16.0 Å². The quantitative estimate of drug-likeness (QED) is 0.152. The predicted octanol–water partition coefficient (Wildman–Crippen LogP) is 6.25. The highest BCUT2D eigenvalue weighted by atomic mass is 19.4. The van der Waals surface area contributed by atoms with Crippen molar-refractivity contribution in [2.45, 2.75) is 109 Å². The third-order valence-corrected chi connectivity index (χ3v) is 10.9. The lowest BCUT2D eigenvalue weighted by Gasteiger charge is -2.60. The molecule has 0 aromatic heterocycles. The maximum Gasteiger partial charge on any atom is 0.422 e. The van der Waals surface area contributed by atoms with Crippen LogP contribution in [0.15, 0.2) is 40.5 Å². The van der Waals surface area contributed by atoms with Gasteiger partial charge in [0.25, 0.3) is 0 Å². The number of nitrogens with one attached hydrogen (secondary N) is 3. The van der Waals surface area contributed by atoms with Crippen LogP contribution in [0.3, 0.4) is 0 Å². The minimum Gasteiger partial charge on any atom is -0.484 e. The number of alkyl halides is 3. The molecule has 0 amide bonds. The molecule has 0 saturated heterocycles. The van der Waals surface area contributed by atoms with E-state index in [0.717, 1.165) is 50.4 Å². The Hall–Kier alpha value is -2.61. The van der Waals surface area contributed by atoms with E-state index >= 15 is 0 Å². The summed E-state index contributed by atoms with van der Waals surface area (Å²) in [5.41, 5.74) is 1.69. The Balaban J connectivity index is 1.11.